The van der Waals surface area contributed by atoms with Crippen LogP contribution in [0.1, 0.15) is 60.8 Å². The molecular formula is C14H31OP. The molecule has 0 bridgehead atoms. The van der Waals surface area contributed by atoms with E-state index in [2.05, 4.69) is 41.5 Å². The third kappa shape index (κ3) is 6.86. The molecule has 16 heavy (non-hydrogen) atoms. The van der Waals surface area contributed by atoms with Gasteiger partial charge in [-0.2, -0.15) is 0 Å². The first-order valence-corrected chi connectivity index (χ1v) is 8.38. The fourth-order valence-corrected chi connectivity index (χ4v) is 3.57. The van der Waals surface area contributed by atoms with Gasteiger partial charge < -0.3 is 4.89 Å². The molecule has 0 aromatic carbocycles. The lowest BCUT2D eigenvalue weighted by molar-refractivity contribution is 0.346. The molecule has 0 amide bonds. The summed E-state index contributed by atoms with van der Waals surface area (Å²) in [5, 5.41) is 0. The Hall–Kier alpha value is 0.390. The quantitative estimate of drug-likeness (QED) is 0.605. The molecule has 0 rings (SSSR count). The van der Waals surface area contributed by atoms with E-state index in [1.54, 1.807) is 0 Å². The average molecular weight is 246 g/mol. The Morgan fingerprint density at radius 3 is 1.88 bits per heavy atom. The van der Waals surface area contributed by atoms with Crippen molar-refractivity contribution in [1.82, 2.24) is 0 Å². The average Bonchev–Trinajstić information content (AvgIpc) is 2.21. The van der Waals surface area contributed by atoms with Gasteiger partial charge in [0, 0.05) is 13.8 Å². The molecule has 0 aromatic rings. The monoisotopic (exact) mass is 246 g/mol. The predicted molar refractivity (Wildman–Crippen MR) is 76.2 cm³/mol. The third-order valence-corrected chi connectivity index (χ3v) is 5.38. The first-order valence-electron chi connectivity index (χ1n) is 6.83. The van der Waals surface area contributed by atoms with Crippen molar-refractivity contribution >= 4 is 8.15 Å². The van der Waals surface area contributed by atoms with Crippen LogP contribution in [0.3, 0.4) is 0 Å². The van der Waals surface area contributed by atoms with Crippen molar-refractivity contribution in [3.05, 3.63) is 0 Å². The van der Waals surface area contributed by atoms with E-state index in [9.17, 15) is 4.89 Å². The van der Waals surface area contributed by atoms with Gasteiger partial charge in [0.25, 0.3) is 0 Å². The van der Waals surface area contributed by atoms with Crippen molar-refractivity contribution in [3.63, 3.8) is 0 Å². The summed E-state index contributed by atoms with van der Waals surface area (Å²) in [5.41, 5.74) is 0.515. The first kappa shape index (κ1) is 16.4. The molecule has 0 saturated carbocycles. The van der Waals surface area contributed by atoms with Crippen LogP contribution >= 0.6 is 8.15 Å². The summed E-state index contributed by atoms with van der Waals surface area (Å²) in [4.78, 5) is 10.0. The summed E-state index contributed by atoms with van der Waals surface area (Å²) in [5.74, 6) is 2.26. The molecular weight excluding hydrogens is 215 g/mol. The minimum atomic E-state index is -0.740. The summed E-state index contributed by atoms with van der Waals surface area (Å²) in [6, 6.07) is 0. The zero-order valence-electron chi connectivity index (χ0n) is 12.0. The standard InChI is InChI=1S/C14H31OP/c1-7-16(15)13(6)14(10-12(4)5)9-8-11(2)3/h11-15H,7-10H2,1-6H3. The minimum absolute atomic E-state index is 0.515. The highest BCUT2D eigenvalue weighted by Crippen LogP contribution is 2.43. The maximum atomic E-state index is 10.0. The second-order valence-electron chi connectivity index (χ2n) is 5.86. The fraction of sp³-hybridized carbons (Fsp3) is 1.00. The van der Waals surface area contributed by atoms with Crippen molar-refractivity contribution in [3.8, 4) is 0 Å². The second kappa shape index (κ2) is 8.48. The highest BCUT2D eigenvalue weighted by atomic mass is 31.1. The smallest absolute Gasteiger partial charge is 0.0280 e. The van der Waals surface area contributed by atoms with E-state index in [0.29, 0.717) is 5.66 Å². The normalized spacial score (nSPS) is 17.8. The zero-order chi connectivity index (χ0) is 12.7. The van der Waals surface area contributed by atoms with Crippen LogP contribution < -0.4 is 0 Å². The summed E-state index contributed by atoms with van der Waals surface area (Å²) < 4.78 is 0. The molecule has 0 aliphatic rings. The van der Waals surface area contributed by atoms with Crippen LogP contribution in [0.2, 0.25) is 0 Å². The van der Waals surface area contributed by atoms with Gasteiger partial charge in [0.1, 0.15) is 0 Å². The Kier molecular flexibility index (Phi) is 8.68. The SMILES string of the molecule is CCP(O)C(C)C(CCC(C)C)CC(C)C. The van der Waals surface area contributed by atoms with Crippen LogP contribution in [0.5, 0.6) is 0 Å². The minimum Gasteiger partial charge on any atom is -0.374 e. The Morgan fingerprint density at radius 1 is 0.938 bits per heavy atom. The van der Waals surface area contributed by atoms with Crippen LogP contribution in [0.25, 0.3) is 0 Å². The summed E-state index contributed by atoms with van der Waals surface area (Å²) in [7, 11) is -0.740. The van der Waals surface area contributed by atoms with Crippen molar-refractivity contribution in [2.24, 2.45) is 17.8 Å². The third-order valence-electron chi connectivity index (χ3n) is 3.37. The molecule has 0 aliphatic carbocycles. The van der Waals surface area contributed by atoms with Gasteiger partial charge >= 0.3 is 0 Å². The molecule has 0 saturated heterocycles. The van der Waals surface area contributed by atoms with E-state index >= 15 is 0 Å². The molecule has 0 aliphatic heterocycles. The van der Waals surface area contributed by atoms with Crippen molar-refractivity contribution in [1.29, 1.82) is 0 Å². The lowest BCUT2D eigenvalue weighted by atomic mass is 9.88. The molecule has 1 N–H and O–H groups in total. The van der Waals surface area contributed by atoms with Crippen LogP contribution in [0.4, 0.5) is 0 Å². The largest absolute Gasteiger partial charge is 0.374 e. The van der Waals surface area contributed by atoms with Gasteiger partial charge in [0.05, 0.1) is 0 Å². The lowest BCUT2D eigenvalue weighted by Crippen LogP contribution is -2.19. The fourth-order valence-electron chi connectivity index (χ4n) is 2.24. The summed E-state index contributed by atoms with van der Waals surface area (Å²) >= 11 is 0. The highest BCUT2D eigenvalue weighted by molar-refractivity contribution is 7.52. The molecule has 98 valence electrons. The van der Waals surface area contributed by atoms with Gasteiger partial charge in [-0.1, -0.05) is 48.0 Å². The number of hydrogen-bond donors (Lipinski definition) is 1. The van der Waals surface area contributed by atoms with Gasteiger partial charge in [0.15, 0.2) is 0 Å². The molecule has 0 aromatic heterocycles. The van der Waals surface area contributed by atoms with Gasteiger partial charge in [-0.25, -0.2) is 0 Å². The van der Waals surface area contributed by atoms with Gasteiger partial charge in [-0.05, 0) is 36.8 Å². The van der Waals surface area contributed by atoms with Crippen molar-refractivity contribution < 1.29 is 4.89 Å². The van der Waals surface area contributed by atoms with E-state index < -0.39 is 8.15 Å². The van der Waals surface area contributed by atoms with Crippen molar-refractivity contribution in [2.45, 2.75) is 66.5 Å². The maximum absolute atomic E-state index is 10.0. The van der Waals surface area contributed by atoms with E-state index in [1.807, 2.05) is 0 Å². The molecule has 3 atom stereocenters. The van der Waals surface area contributed by atoms with Gasteiger partial charge in [-0.3, -0.25) is 0 Å². The van der Waals surface area contributed by atoms with E-state index in [0.717, 1.165) is 23.9 Å². The Balaban J connectivity index is 4.28. The van der Waals surface area contributed by atoms with E-state index in [-0.39, 0.29) is 0 Å². The molecule has 0 radical (unpaired) electrons. The van der Waals surface area contributed by atoms with Crippen molar-refractivity contribution in [2.75, 3.05) is 6.16 Å². The molecule has 0 spiro atoms. The molecule has 2 heteroatoms. The van der Waals surface area contributed by atoms with Crippen LogP contribution in [-0.4, -0.2) is 16.7 Å². The Bertz CT molecular complexity index is 168. The van der Waals surface area contributed by atoms with Gasteiger partial charge in [0.2, 0.25) is 0 Å². The highest BCUT2D eigenvalue weighted by Gasteiger charge is 2.24. The summed E-state index contributed by atoms with van der Waals surface area (Å²) in [6.07, 6.45) is 4.81. The Labute approximate surface area is 104 Å². The lowest BCUT2D eigenvalue weighted by Gasteiger charge is -2.29. The molecule has 3 unspecified atom stereocenters. The van der Waals surface area contributed by atoms with Crippen LogP contribution in [0, 0.1) is 17.8 Å². The van der Waals surface area contributed by atoms with Crippen LogP contribution in [0.15, 0.2) is 0 Å². The van der Waals surface area contributed by atoms with E-state index in [4.69, 9.17) is 0 Å². The molecule has 1 nitrogen and oxygen atoms in total. The second-order valence-corrected chi connectivity index (χ2v) is 8.18. The topological polar surface area (TPSA) is 20.2 Å². The number of hydrogen-bond acceptors (Lipinski definition) is 1. The van der Waals surface area contributed by atoms with Crippen LogP contribution in [-0.2, 0) is 0 Å². The molecule has 0 heterocycles. The zero-order valence-corrected chi connectivity index (χ0v) is 12.9. The predicted octanol–water partition coefficient (Wildman–Crippen LogP) is 4.88. The molecule has 0 fully saturated rings. The Morgan fingerprint density at radius 2 is 1.50 bits per heavy atom. The first-order chi connectivity index (χ1) is 7.38. The number of rotatable bonds is 8. The maximum Gasteiger partial charge on any atom is 0.0280 e. The summed E-state index contributed by atoms with van der Waals surface area (Å²) in [6.45, 7) is 13.5. The van der Waals surface area contributed by atoms with Gasteiger partial charge in [-0.15, -0.1) is 0 Å². The van der Waals surface area contributed by atoms with E-state index in [1.165, 1.54) is 19.3 Å².